The maximum Gasteiger partial charge on any atom is 0.0729 e. The number of hydrogen-bond donors (Lipinski definition) is 0. The van der Waals surface area contributed by atoms with Gasteiger partial charge in [-0.2, -0.15) is 16.9 Å². The molecule has 0 aliphatic carbocycles. The van der Waals surface area contributed by atoms with E-state index in [1.165, 1.54) is 22.7 Å². The summed E-state index contributed by atoms with van der Waals surface area (Å²) in [5.41, 5.74) is 4.58. The third-order valence-electron chi connectivity index (χ3n) is 3.88. The summed E-state index contributed by atoms with van der Waals surface area (Å²) in [6.07, 6.45) is 0. The molecular weight excluding hydrogens is 240 g/mol. The van der Waals surface area contributed by atoms with Crippen molar-refractivity contribution >= 4 is 11.8 Å². The molecule has 0 spiro atoms. The van der Waals surface area contributed by atoms with Crippen molar-refractivity contribution in [3.8, 4) is 0 Å². The highest BCUT2D eigenvalue weighted by Gasteiger charge is 2.39. The molecule has 2 nitrogen and oxygen atoms in total. The first kappa shape index (κ1) is 14.0. The van der Waals surface area contributed by atoms with E-state index in [0.29, 0.717) is 6.04 Å². The van der Waals surface area contributed by atoms with Crippen LogP contribution >= 0.6 is 11.8 Å². The van der Waals surface area contributed by atoms with Gasteiger partial charge in [-0.3, -0.25) is 4.68 Å². The molecule has 1 aliphatic heterocycles. The second kappa shape index (κ2) is 4.29. The van der Waals surface area contributed by atoms with E-state index in [9.17, 15) is 0 Å². The zero-order chi connectivity index (χ0) is 13.7. The van der Waals surface area contributed by atoms with E-state index < -0.39 is 0 Å². The van der Waals surface area contributed by atoms with Gasteiger partial charge in [-0.1, -0.05) is 27.7 Å². The minimum Gasteiger partial charge on any atom is -0.267 e. The highest BCUT2D eigenvalue weighted by molar-refractivity contribution is 7.99. The zero-order valence-corrected chi connectivity index (χ0v) is 13.6. The highest BCUT2D eigenvalue weighted by Crippen LogP contribution is 2.43. The van der Waals surface area contributed by atoms with Gasteiger partial charge in [-0.05, 0) is 20.8 Å². The number of rotatable bonds is 1. The summed E-state index contributed by atoms with van der Waals surface area (Å²) in [5, 5.41) is 4.96. The molecule has 3 heteroatoms. The minimum atomic E-state index is 0.179. The molecule has 0 N–H and O–H groups in total. The summed E-state index contributed by atoms with van der Waals surface area (Å²) in [5.74, 6) is 2.35. The van der Waals surface area contributed by atoms with Crippen LogP contribution in [0.3, 0.4) is 0 Å². The molecule has 2 rings (SSSR count). The van der Waals surface area contributed by atoms with Gasteiger partial charge in [-0.25, -0.2) is 0 Å². The average Bonchev–Trinajstić information content (AvgIpc) is 2.52. The number of fused-ring (bicyclic) bond motifs is 1. The van der Waals surface area contributed by atoms with Gasteiger partial charge in [0.15, 0.2) is 0 Å². The zero-order valence-electron chi connectivity index (χ0n) is 12.8. The molecule has 0 atom stereocenters. The number of nitrogens with zero attached hydrogens (tertiary/aromatic N) is 2. The summed E-state index contributed by atoms with van der Waals surface area (Å²) < 4.78 is 2.21. The number of aromatic nitrogens is 2. The van der Waals surface area contributed by atoms with Crippen molar-refractivity contribution in [1.82, 2.24) is 9.78 Å². The van der Waals surface area contributed by atoms with Gasteiger partial charge in [0, 0.05) is 39.6 Å². The lowest BCUT2D eigenvalue weighted by Gasteiger charge is -2.25. The van der Waals surface area contributed by atoms with Gasteiger partial charge < -0.3 is 0 Å². The topological polar surface area (TPSA) is 17.8 Å². The van der Waals surface area contributed by atoms with Gasteiger partial charge >= 0.3 is 0 Å². The monoisotopic (exact) mass is 266 g/mol. The molecule has 0 radical (unpaired) electrons. The smallest absolute Gasteiger partial charge is 0.0729 e. The predicted octanol–water partition coefficient (Wildman–Crippen LogP) is 4.07. The number of hydrogen-bond acceptors (Lipinski definition) is 2. The SMILES string of the molecule is Cc1c2c(nn1C(C)C)C(C)(C)CSCC2(C)C. The molecule has 0 fully saturated rings. The van der Waals surface area contributed by atoms with Crippen LogP contribution in [0.2, 0.25) is 0 Å². The Balaban J connectivity index is 2.70. The van der Waals surface area contributed by atoms with Crippen molar-refractivity contribution in [3.05, 3.63) is 17.0 Å². The van der Waals surface area contributed by atoms with Crippen LogP contribution in [0.4, 0.5) is 0 Å². The fourth-order valence-electron chi connectivity index (χ4n) is 3.01. The van der Waals surface area contributed by atoms with Crippen LogP contribution < -0.4 is 0 Å². The van der Waals surface area contributed by atoms with Gasteiger partial charge in [0.2, 0.25) is 0 Å². The average molecular weight is 266 g/mol. The van der Waals surface area contributed by atoms with E-state index in [1.54, 1.807) is 0 Å². The van der Waals surface area contributed by atoms with Crippen LogP contribution in [0.5, 0.6) is 0 Å². The Labute approximate surface area is 116 Å². The van der Waals surface area contributed by atoms with Gasteiger partial charge in [0.05, 0.1) is 5.69 Å². The van der Waals surface area contributed by atoms with Crippen LogP contribution in [0.1, 0.15) is 64.5 Å². The first-order chi connectivity index (χ1) is 8.17. The second-order valence-electron chi connectivity index (χ2n) is 7.11. The first-order valence-electron chi connectivity index (χ1n) is 6.84. The summed E-state index contributed by atoms with van der Waals surface area (Å²) in [6, 6.07) is 0.441. The summed E-state index contributed by atoms with van der Waals surface area (Å²) >= 11 is 2.06. The molecule has 102 valence electrons. The highest BCUT2D eigenvalue weighted by atomic mass is 32.2. The first-order valence-corrected chi connectivity index (χ1v) is 8.00. The molecule has 0 saturated carbocycles. The molecule has 1 aliphatic rings. The van der Waals surface area contributed by atoms with Crippen LogP contribution in [-0.2, 0) is 10.8 Å². The fourth-order valence-corrected chi connectivity index (χ4v) is 4.41. The van der Waals surface area contributed by atoms with Crippen molar-refractivity contribution < 1.29 is 0 Å². The summed E-state index contributed by atoms with van der Waals surface area (Å²) in [4.78, 5) is 0. The molecule has 2 heterocycles. The van der Waals surface area contributed by atoms with E-state index in [0.717, 1.165) is 5.75 Å². The Hall–Kier alpha value is -0.440. The van der Waals surface area contributed by atoms with E-state index in [1.807, 2.05) is 0 Å². The fraction of sp³-hybridized carbons (Fsp3) is 0.800. The maximum atomic E-state index is 4.96. The maximum absolute atomic E-state index is 4.96. The van der Waals surface area contributed by atoms with Crippen molar-refractivity contribution in [2.75, 3.05) is 11.5 Å². The predicted molar refractivity (Wildman–Crippen MR) is 80.7 cm³/mol. The summed E-state index contributed by atoms with van der Waals surface area (Å²) in [6.45, 7) is 16.1. The molecule has 0 aromatic carbocycles. The Morgan fingerprint density at radius 3 is 2.22 bits per heavy atom. The van der Waals surface area contributed by atoms with Crippen molar-refractivity contribution in [3.63, 3.8) is 0 Å². The molecule has 1 aromatic heterocycles. The molecule has 0 bridgehead atoms. The lowest BCUT2D eigenvalue weighted by atomic mass is 9.78. The van der Waals surface area contributed by atoms with Crippen LogP contribution in [0, 0.1) is 6.92 Å². The Morgan fingerprint density at radius 2 is 1.67 bits per heavy atom. The van der Waals surface area contributed by atoms with Crippen molar-refractivity contribution in [2.45, 2.75) is 65.3 Å². The molecule has 0 saturated heterocycles. The molecule has 0 amide bonds. The second-order valence-corrected chi connectivity index (χ2v) is 8.09. The van der Waals surface area contributed by atoms with E-state index in [2.05, 4.69) is 64.9 Å². The molecular formula is C15H26N2S. The largest absolute Gasteiger partial charge is 0.267 e. The van der Waals surface area contributed by atoms with Gasteiger partial charge in [0.1, 0.15) is 0 Å². The Kier molecular flexibility index (Phi) is 3.33. The normalized spacial score (nSPS) is 21.8. The van der Waals surface area contributed by atoms with Crippen LogP contribution in [-0.4, -0.2) is 21.3 Å². The lowest BCUT2D eigenvalue weighted by Crippen LogP contribution is -2.24. The standard InChI is InChI=1S/C15H26N2S/c1-10(2)17-11(3)12-13(16-17)15(6,7)9-18-8-14(12,4)5/h10H,8-9H2,1-7H3. The van der Waals surface area contributed by atoms with E-state index in [4.69, 9.17) is 5.10 Å². The third kappa shape index (κ3) is 2.11. The van der Waals surface area contributed by atoms with Crippen LogP contribution in [0.25, 0.3) is 0 Å². The number of thioether (sulfide) groups is 1. The molecule has 18 heavy (non-hydrogen) atoms. The summed E-state index contributed by atoms with van der Waals surface area (Å²) in [7, 11) is 0. The van der Waals surface area contributed by atoms with E-state index in [-0.39, 0.29) is 10.8 Å². The van der Waals surface area contributed by atoms with Gasteiger partial charge in [0.25, 0.3) is 0 Å². The van der Waals surface area contributed by atoms with E-state index >= 15 is 0 Å². The quantitative estimate of drug-likeness (QED) is 0.762. The van der Waals surface area contributed by atoms with Crippen molar-refractivity contribution in [1.29, 1.82) is 0 Å². The Morgan fingerprint density at radius 1 is 1.11 bits per heavy atom. The van der Waals surface area contributed by atoms with Gasteiger partial charge in [-0.15, -0.1) is 0 Å². The molecule has 0 unspecified atom stereocenters. The molecule has 1 aromatic rings. The van der Waals surface area contributed by atoms with Crippen molar-refractivity contribution in [2.24, 2.45) is 0 Å². The lowest BCUT2D eigenvalue weighted by molar-refractivity contribution is 0.490. The minimum absolute atomic E-state index is 0.179. The Bertz CT molecular complexity index is 455. The van der Waals surface area contributed by atoms with Crippen LogP contribution in [0.15, 0.2) is 0 Å². The third-order valence-corrected chi connectivity index (χ3v) is 5.73.